The van der Waals surface area contributed by atoms with Crippen LogP contribution in [0.15, 0.2) is 60.7 Å². The number of benzene rings is 2. The Hall–Kier alpha value is -1.82. The molecule has 0 saturated carbocycles. The molecule has 0 N–H and O–H groups in total. The van der Waals surface area contributed by atoms with Gasteiger partial charge in [-0.15, -0.1) is 0 Å². The van der Waals surface area contributed by atoms with Gasteiger partial charge in [0.15, 0.2) is 0 Å². The van der Waals surface area contributed by atoms with Crippen molar-refractivity contribution in [2.75, 3.05) is 0 Å². The van der Waals surface area contributed by atoms with E-state index in [9.17, 15) is 0 Å². The number of hydrogen-bond acceptors (Lipinski definition) is 0. The van der Waals surface area contributed by atoms with Crippen LogP contribution >= 0.6 is 0 Å². The Morgan fingerprint density at radius 1 is 0.821 bits per heavy atom. The molecule has 0 aromatic heterocycles. The maximum absolute atomic E-state index is 2.35. The van der Waals surface area contributed by atoms with E-state index in [1.54, 1.807) is 0 Å². The van der Waals surface area contributed by atoms with Gasteiger partial charge in [0.25, 0.3) is 0 Å². The molecule has 0 spiro atoms. The first-order chi connectivity index (χ1) is 13.1. The summed E-state index contributed by atoms with van der Waals surface area (Å²) in [4.78, 5) is 0. The summed E-state index contributed by atoms with van der Waals surface area (Å²) in [6.07, 6.45) is 6.86. The van der Waals surface area contributed by atoms with Gasteiger partial charge in [-0.25, -0.2) is 0 Å². The van der Waals surface area contributed by atoms with Gasteiger partial charge in [-0.3, -0.25) is 0 Å². The van der Waals surface area contributed by atoms with E-state index in [-0.39, 0.29) is 10.8 Å². The van der Waals surface area contributed by atoms with Gasteiger partial charge in [0.1, 0.15) is 0 Å². The fourth-order valence-electron chi connectivity index (χ4n) is 3.40. The van der Waals surface area contributed by atoms with Crippen molar-refractivity contribution >= 4 is 0 Å². The van der Waals surface area contributed by atoms with Crippen LogP contribution in [0.3, 0.4) is 0 Å². The molecule has 0 fully saturated rings. The minimum Gasteiger partial charge on any atom is -0.0911 e. The summed E-state index contributed by atoms with van der Waals surface area (Å²) in [5, 5.41) is 0. The highest BCUT2D eigenvalue weighted by molar-refractivity contribution is 5.39. The first-order valence-corrected chi connectivity index (χ1v) is 10.9. The lowest BCUT2D eigenvalue weighted by molar-refractivity contribution is 0.305. The van der Waals surface area contributed by atoms with E-state index in [2.05, 4.69) is 123 Å². The third-order valence-electron chi connectivity index (χ3n) is 5.86. The molecule has 0 amide bonds. The average Bonchev–Trinajstić information content (AvgIpc) is 2.63. The van der Waals surface area contributed by atoms with Gasteiger partial charge in [-0.05, 0) is 48.3 Å². The van der Waals surface area contributed by atoms with Gasteiger partial charge in [-0.2, -0.15) is 0 Å². The zero-order valence-corrected chi connectivity index (χ0v) is 19.8. The van der Waals surface area contributed by atoms with Crippen LogP contribution in [-0.2, 0) is 11.8 Å². The summed E-state index contributed by atoms with van der Waals surface area (Å²) in [6, 6.07) is 18.2. The van der Waals surface area contributed by atoms with E-state index in [0.717, 1.165) is 6.42 Å². The minimum atomic E-state index is 0.0298. The predicted octanol–water partition coefficient (Wildman–Crippen LogP) is 8.52. The van der Waals surface area contributed by atoms with Crippen LogP contribution < -0.4 is 0 Å². The molecule has 2 aromatic rings. The second-order valence-corrected chi connectivity index (χ2v) is 9.32. The lowest BCUT2D eigenvalue weighted by atomic mass is 9.75. The second kappa shape index (κ2) is 10.6. The normalized spacial score (nSPS) is 13.2. The highest BCUT2D eigenvalue weighted by atomic mass is 14.3. The average molecular weight is 379 g/mol. The Balaban J connectivity index is 0.00000122. The lowest BCUT2D eigenvalue weighted by Crippen LogP contribution is -2.21. The molecule has 1 atom stereocenters. The van der Waals surface area contributed by atoms with E-state index >= 15 is 0 Å². The van der Waals surface area contributed by atoms with Crippen LogP contribution in [0, 0.1) is 18.3 Å². The van der Waals surface area contributed by atoms with Gasteiger partial charge in [0.05, 0.1) is 0 Å². The molecule has 0 saturated heterocycles. The monoisotopic (exact) mass is 378 g/mol. The number of rotatable bonds is 6. The Morgan fingerprint density at radius 2 is 1.25 bits per heavy atom. The molecular weight excluding hydrogens is 336 g/mol. The van der Waals surface area contributed by atoms with Crippen molar-refractivity contribution < 1.29 is 0 Å². The largest absolute Gasteiger partial charge is 0.0911 e. The first-order valence-electron chi connectivity index (χ1n) is 10.9. The molecule has 0 aliphatic heterocycles. The Morgan fingerprint density at radius 3 is 1.68 bits per heavy atom. The summed E-state index contributed by atoms with van der Waals surface area (Å²) < 4.78 is 0. The van der Waals surface area contributed by atoms with Gasteiger partial charge < -0.3 is 0 Å². The SMILES string of the molecule is CC=CC(C)(C)C(C)Cc1ccc(C(C)(C)c2ccc(C)cc2)cc1.CCC. The topological polar surface area (TPSA) is 0 Å². The maximum Gasteiger partial charge on any atom is 0.0146 e. The number of aryl methyl sites for hydroxylation is 1. The van der Waals surface area contributed by atoms with E-state index in [0.29, 0.717) is 5.92 Å². The highest BCUT2D eigenvalue weighted by Gasteiger charge is 2.24. The summed E-state index contributed by atoms with van der Waals surface area (Å²) >= 11 is 0. The zero-order valence-electron chi connectivity index (χ0n) is 19.8. The molecule has 0 radical (unpaired) electrons. The van der Waals surface area contributed by atoms with Crippen molar-refractivity contribution in [3.05, 3.63) is 82.9 Å². The first kappa shape index (κ1) is 24.2. The highest BCUT2D eigenvalue weighted by Crippen LogP contribution is 2.34. The van der Waals surface area contributed by atoms with Crippen molar-refractivity contribution in [2.45, 2.75) is 80.6 Å². The number of hydrogen-bond donors (Lipinski definition) is 0. The molecule has 2 rings (SSSR count). The molecule has 0 bridgehead atoms. The summed E-state index contributed by atoms with van der Waals surface area (Å²) in [5.41, 5.74) is 5.74. The van der Waals surface area contributed by atoms with E-state index in [4.69, 9.17) is 0 Å². The lowest BCUT2D eigenvalue weighted by Gasteiger charge is -2.29. The fourth-order valence-corrected chi connectivity index (χ4v) is 3.40. The maximum atomic E-state index is 2.35. The molecule has 154 valence electrons. The smallest absolute Gasteiger partial charge is 0.0146 e. The van der Waals surface area contributed by atoms with Crippen LogP contribution in [0.1, 0.15) is 84.1 Å². The molecule has 28 heavy (non-hydrogen) atoms. The molecule has 0 aliphatic carbocycles. The zero-order chi connectivity index (χ0) is 21.4. The third kappa shape index (κ3) is 6.66. The summed E-state index contributed by atoms with van der Waals surface area (Å²) in [5.74, 6) is 0.611. The van der Waals surface area contributed by atoms with Crippen molar-refractivity contribution in [3.8, 4) is 0 Å². The summed E-state index contributed by atoms with van der Waals surface area (Å²) in [7, 11) is 0. The predicted molar refractivity (Wildman–Crippen MR) is 127 cm³/mol. The molecule has 0 aliphatic rings. The quantitative estimate of drug-likeness (QED) is 0.442. The van der Waals surface area contributed by atoms with E-state index < -0.39 is 0 Å². The standard InChI is InChI=1S/C25H34.C3H8/c1-8-17-24(4,5)20(3)18-21-11-15-23(16-12-21)25(6,7)22-13-9-19(2)10-14-22;1-3-2/h8-17,20H,18H2,1-7H3;3H2,1-2H3. The van der Waals surface area contributed by atoms with Crippen molar-refractivity contribution in [1.29, 1.82) is 0 Å². The van der Waals surface area contributed by atoms with E-state index in [1.807, 2.05) is 0 Å². The molecule has 2 aromatic carbocycles. The van der Waals surface area contributed by atoms with Crippen LogP contribution in [0.2, 0.25) is 0 Å². The molecule has 0 heterocycles. The second-order valence-electron chi connectivity index (χ2n) is 9.32. The van der Waals surface area contributed by atoms with Crippen molar-refractivity contribution in [1.82, 2.24) is 0 Å². The van der Waals surface area contributed by atoms with Crippen LogP contribution in [0.5, 0.6) is 0 Å². The van der Waals surface area contributed by atoms with Crippen molar-refractivity contribution in [2.24, 2.45) is 11.3 Å². The Labute approximate surface area is 175 Å². The van der Waals surface area contributed by atoms with Crippen LogP contribution in [0.4, 0.5) is 0 Å². The number of allylic oxidation sites excluding steroid dienone is 2. The van der Waals surface area contributed by atoms with Gasteiger partial charge in [0, 0.05) is 5.41 Å². The molecule has 0 heteroatoms. The third-order valence-corrected chi connectivity index (χ3v) is 5.86. The van der Waals surface area contributed by atoms with Gasteiger partial charge >= 0.3 is 0 Å². The Bertz CT molecular complexity index is 712. The minimum absolute atomic E-state index is 0.0298. The Kier molecular flexibility index (Phi) is 9.21. The summed E-state index contributed by atoms with van der Waals surface area (Å²) in [6.45, 7) is 20.1. The molecular formula is C28H42. The van der Waals surface area contributed by atoms with Gasteiger partial charge in [0.2, 0.25) is 0 Å². The fraction of sp³-hybridized carbons (Fsp3) is 0.500. The molecule has 0 nitrogen and oxygen atoms in total. The molecule has 1 unspecified atom stereocenters. The van der Waals surface area contributed by atoms with Crippen LogP contribution in [0.25, 0.3) is 0 Å². The van der Waals surface area contributed by atoms with Gasteiger partial charge in [-0.1, -0.05) is 121 Å². The van der Waals surface area contributed by atoms with Crippen molar-refractivity contribution in [3.63, 3.8) is 0 Å². The van der Waals surface area contributed by atoms with Crippen LogP contribution in [-0.4, -0.2) is 0 Å². The van der Waals surface area contributed by atoms with E-state index in [1.165, 1.54) is 28.7 Å².